The first-order valence-electron chi connectivity index (χ1n) is 7.05. The summed E-state index contributed by atoms with van der Waals surface area (Å²) in [5.41, 5.74) is 17.7. The van der Waals surface area contributed by atoms with E-state index < -0.39 is 0 Å². The molecule has 0 aliphatic rings. The molecule has 0 amide bonds. The molecule has 0 spiro atoms. The van der Waals surface area contributed by atoms with Gasteiger partial charge in [0.2, 0.25) is 0 Å². The minimum absolute atomic E-state index is 0. The highest BCUT2D eigenvalue weighted by molar-refractivity contribution is 6.01. The molecule has 0 saturated carbocycles. The van der Waals surface area contributed by atoms with Crippen LogP contribution in [0.15, 0.2) is 36.4 Å². The van der Waals surface area contributed by atoms with Gasteiger partial charge < -0.3 is 22.3 Å². The van der Waals surface area contributed by atoms with Gasteiger partial charge >= 0.3 is 0 Å². The maximum absolute atomic E-state index is 7.39. The predicted molar refractivity (Wildman–Crippen MR) is 100 cm³/mol. The van der Waals surface area contributed by atoms with Gasteiger partial charge in [-0.25, -0.2) is 0 Å². The smallest absolute Gasteiger partial charge is 0.0408 e. The van der Waals surface area contributed by atoms with E-state index in [0.717, 1.165) is 22.3 Å². The number of aryl methyl sites for hydroxylation is 2. The summed E-state index contributed by atoms with van der Waals surface area (Å²) in [5, 5.41) is 14.8. The van der Waals surface area contributed by atoms with Crippen molar-refractivity contribution >= 4 is 22.8 Å². The summed E-state index contributed by atoms with van der Waals surface area (Å²) in [7, 11) is 0. The summed E-state index contributed by atoms with van der Waals surface area (Å²) >= 11 is 0. The van der Waals surface area contributed by atoms with Crippen molar-refractivity contribution < 1.29 is 2.85 Å². The van der Waals surface area contributed by atoms with E-state index in [1.165, 1.54) is 0 Å². The lowest BCUT2D eigenvalue weighted by molar-refractivity contribution is 1.41. The minimum Gasteiger partial charge on any atom is -0.398 e. The van der Waals surface area contributed by atoms with Crippen LogP contribution in [0.3, 0.4) is 0 Å². The monoisotopic (exact) mass is 300 g/mol. The summed E-state index contributed by atoms with van der Waals surface area (Å²) in [6, 6.07) is 11.4. The Morgan fingerprint density at radius 1 is 0.773 bits per heavy atom. The van der Waals surface area contributed by atoms with Crippen molar-refractivity contribution in [3.05, 3.63) is 58.7 Å². The molecule has 2 aromatic rings. The van der Waals surface area contributed by atoms with Crippen LogP contribution < -0.4 is 11.5 Å². The molecule has 0 fully saturated rings. The third kappa shape index (κ3) is 4.74. The second-order valence-corrected chi connectivity index (χ2v) is 5.43. The van der Waals surface area contributed by atoms with Crippen LogP contribution in [-0.4, -0.2) is 11.4 Å². The van der Waals surface area contributed by atoms with Crippen LogP contribution in [-0.2, 0) is 0 Å². The predicted octanol–water partition coefficient (Wildman–Crippen LogP) is 4.42. The Bertz CT molecular complexity index is 712. The number of hydrogen-bond donors (Lipinski definition) is 4. The van der Waals surface area contributed by atoms with Gasteiger partial charge in [0.1, 0.15) is 0 Å². The molecule has 0 unspecified atom stereocenters. The van der Waals surface area contributed by atoms with Crippen molar-refractivity contribution in [2.45, 2.75) is 27.7 Å². The van der Waals surface area contributed by atoms with Crippen molar-refractivity contribution in [2.75, 3.05) is 11.5 Å². The lowest BCUT2D eigenvalue weighted by Crippen LogP contribution is -1.99. The Labute approximate surface area is 135 Å². The first-order chi connectivity index (χ1) is 10.2. The van der Waals surface area contributed by atoms with E-state index in [0.29, 0.717) is 22.8 Å². The largest absolute Gasteiger partial charge is 0.398 e. The molecule has 2 aromatic carbocycles. The van der Waals surface area contributed by atoms with Crippen LogP contribution in [0.2, 0.25) is 0 Å². The fourth-order valence-electron chi connectivity index (χ4n) is 2.02. The van der Waals surface area contributed by atoms with Crippen molar-refractivity contribution in [3.8, 4) is 0 Å². The van der Waals surface area contributed by atoms with E-state index in [1.54, 1.807) is 13.8 Å². The molecule has 0 saturated heterocycles. The Morgan fingerprint density at radius 3 is 1.73 bits per heavy atom. The van der Waals surface area contributed by atoms with Gasteiger partial charge in [-0.1, -0.05) is 23.8 Å². The second kappa shape index (κ2) is 7.41. The number of nitrogens with one attached hydrogen (secondary N) is 2. The minimum atomic E-state index is 0. The van der Waals surface area contributed by atoms with E-state index in [1.807, 2.05) is 50.2 Å². The number of benzene rings is 2. The molecule has 0 aliphatic carbocycles. The van der Waals surface area contributed by atoms with E-state index in [2.05, 4.69) is 0 Å². The Kier molecular flexibility index (Phi) is 5.87. The van der Waals surface area contributed by atoms with Gasteiger partial charge in [-0.05, 0) is 51.5 Å². The summed E-state index contributed by atoms with van der Waals surface area (Å²) in [5.74, 6) is 0. The van der Waals surface area contributed by atoms with Gasteiger partial charge in [-0.15, -0.1) is 0 Å². The van der Waals surface area contributed by atoms with Gasteiger partial charge in [-0.2, -0.15) is 0 Å². The van der Waals surface area contributed by atoms with Crippen molar-refractivity contribution in [1.82, 2.24) is 0 Å². The van der Waals surface area contributed by atoms with Crippen LogP contribution in [0.5, 0.6) is 0 Å². The quantitative estimate of drug-likeness (QED) is 0.487. The maximum atomic E-state index is 7.39. The van der Waals surface area contributed by atoms with E-state index in [-0.39, 0.29) is 2.85 Å². The summed E-state index contributed by atoms with van der Waals surface area (Å²) in [6.07, 6.45) is 0. The average Bonchev–Trinajstić information content (AvgIpc) is 2.41. The lowest BCUT2D eigenvalue weighted by atomic mass is 10.1. The molecule has 4 nitrogen and oxygen atoms in total. The molecule has 4 heteroatoms. The molecule has 0 aliphatic heterocycles. The van der Waals surface area contributed by atoms with Crippen molar-refractivity contribution in [2.24, 2.45) is 0 Å². The summed E-state index contributed by atoms with van der Waals surface area (Å²) in [6.45, 7) is 7.46. The fourth-order valence-corrected chi connectivity index (χ4v) is 2.02. The molecule has 2 rings (SSSR count). The maximum Gasteiger partial charge on any atom is 0.0408 e. The Hall–Kier alpha value is -2.62. The number of rotatable bonds is 2. The normalized spacial score (nSPS) is 9.64. The van der Waals surface area contributed by atoms with Crippen LogP contribution in [0.4, 0.5) is 11.4 Å². The Balaban J connectivity index is 0. The van der Waals surface area contributed by atoms with Gasteiger partial charge in [0.25, 0.3) is 0 Å². The SMILES string of the molecule is CC(=N)c1cc(C)ccc1N.CC(=N)c1ccc(C)cc1N.[HH].[HH]. The molecule has 22 heavy (non-hydrogen) atoms. The summed E-state index contributed by atoms with van der Waals surface area (Å²) < 4.78 is 0. The molecule has 0 aromatic heterocycles. The molecule has 0 atom stereocenters. The van der Waals surface area contributed by atoms with Crippen LogP contribution >= 0.6 is 0 Å². The topological polar surface area (TPSA) is 99.7 Å². The molecule has 6 N–H and O–H groups in total. The third-order valence-corrected chi connectivity index (χ3v) is 3.22. The van der Waals surface area contributed by atoms with E-state index in [4.69, 9.17) is 22.3 Å². The molecule has 0 bridgehead atoms. The number of nitrogens with two attached hydrogens (primary N) is 2. The van der Waals surface area contributed by atoms with Crippen LogP contribution in [0.25, 0.3) is 0 Å². The number of nitrogen functional groups attached to an aromatic ring is 2. The van der Waals surface area contributed by atoms with Crippen molar-refractivity contribution in [3.63, 3.8) is 0 Å². The van der Waals surface area contributed by atoms with Gasteiger partial charge in [-0.3, -0.25) is 0 Å². The zero-order valence-electron chi connectivity index (χ0n) is 13.6. The molecule has 120 valence electrons. The van der Waals surface area contributed by atoms with Gasteiger partial charge in [0, 0.05) is 36.8 Å². The fraction of sp³-hybridized carbons (Fsp3) is 0.222. The molecular formula is C18H28N4. The average molecular weight is 300 g/mol. The first kappa shape index (κ1) is 17.4. The van der Waals surface area contributed by atoms with E-state index >= 15 is 0 Å². The Morgan fingerprint density at radius 2 is 1.27 bits per heavy atom. The zero-order valence-corrected chi connectivity index (χ0v) is 13.6. The molecule has 0 radical (unpaired) electrons. The number of anilines is 2. The van der Waals surface area contributed by atoms with Crippen molar-refractivity contribution in [1.29, 1.82) is 10.8 Å². The van der Waals surface area contributed by atoms with Crippen LogP contribution in [0, 0.1) is 24.7 Å². The first-order valence-corrected chi connectivity index (χ1v) is 7.05. The highest BCUT2D eigenvalue weighted by Crippen LogP contribution is 2.14. The standard InChI is InChI=1S/2C9H12N2.2H2/c1-6-3-4-9(11)8(5-6)7(2)10;1-6-3-4-8(7(2)10)9(11)5-6;;/h2*3-5,10H,11H2,1-2H3;2*1H. The highest BCUT2D eigenvalue weighted by atomic mass is 14.6. The van der Waals surface area contributed by atoms with E-state index in [9.17, 15) is 0 Å². The van der Waals surface area contributed by atoms with Gasteiger partial charge in [0.15, 0.2) is 0 Å². The lowest BCUT2D eigenvalue weighted by Gasteiger charge is -2.03. The number of hydrogen-bond acceptors (Lipinski definition) is 4. The molecule has 0 heterocycles. The zero-order chi connectivity index (χ0) is 16.9. The third-order valence-electron chi connectivity index (χ3n) is 3.22. The van der Waals surface area contributed by atoms with Crippen LogP contribution in [0.1, 0.15) is 39.0 Å². The second-order valence-electron chi connectivity index (χ2n) is 5.43. The highest BCUT2D eigenvalue weighted by Gasteiger charge is 2.00. The van der Waals surface area contributed by atoms with Gasteiger partial charge in [0.05, 0.1) is 0 Å². The molecular weight excluding hydrogens is 272 g/mol. The summed E-state index contributed by atoms with van der Waals surface area (Å²) in [4.78, 5) is 0.